The van der Waals surface area contributed by atoms with Crippen LogP contribution in [0.25, 0.3) is 0 Å². The number of benzene rings is 1. The fourth-order valence-electron chi connectivity index (χ4n) is 1.61. The second-order valence-corrected chi connectivity index (χ2v) is 6.32. The first-order valence-electron chi connectivity index (χ1n) is 5.78. The van der Waals surface area contributed by atoms with Crippen LogP contribution in [0.2, 0.25) is 0 Å². The highest BCUT2D eigenvalue weighted by Crippen LogP contribution is 2.16. The van der Waals surface area contributed by atoms with Crippen molar-refractivity contribution in [2.24, 2.45) is 0 Å². The van der Waals surface area contributed by atoms with E-state index < -0.39 is 27.4 Å². The Balaban J connectivity index is 2.38. The van der Waals surface area contributed by atoms with Crippen LogP contribution in [0.15, 0.2) is 39.0 Å². The van der Waals surface area contributed by atoms with E-state index in [1.807, 2.05) is 0 Å². The first-order chi connectivity index (χ1) is 10.4. The summed E-state index contributed by atoms with van der Waals surface area (Å²) in [6.07, 6.45) is 1.32. The highest BCUT2D eigenvalue weighted by molar-refractivity contribution is 7.84. The van der Waals surface area contributed by atoms with E-state index in [1.165, 1.54) is 30.5 Å². The molecule has 2 unspecified atom stereocenters. The van der Waals surface area contributed by atoms with Gasteiger partial charge in [0.15, 0.2) is 21.7 Å². The van der Waals surface area contributed by atoms with Gasteiger partial charge in [0.05, 0.1) is 15.7 Å². The summed E-state index contributed by atoms with van der Waals surface area (Å²) in [5.41, 5.74) is -0.495. The maximum absolute atomic E-state index is 11.8. The molecule has 10 heteroatoms. The van der Waals surface area contributed by atoms with E-state index in [4.69, 9.17) is 9.81 Å². The van der Waals surface area contributed by atoms with Gasteiger partial charge in [-0.15, -0.1) is 0 Å². The van der Waals surface area contributed by atoms with E-state index >= 15 is 0 Å². The van der Waals surface area contributed by atoms with Crippen LogP contribution < -0.4 is 10.9 Å². The van der Waals surface area contributed by atoms with Crippen LogP contribution in [0.3, 0.4) is 0 Å². The van der Waals surface area contributed by atoms with Crippen LogP contribution >= 0.6 is 0 Å². The van der Waals surface area contributed by atoms with Gasteiger partial charge in [-0.3, -0.25) is 14.0 Å². The van der Waals surface area contributed by atoms with Crippen LogP contribution in [0.4, 0.5) is 11.6 Å². The fourth-order valence-corrected chi connectivity index (χ4v) is 2.62. The number of hydrogen-bond donors (Lipinski definition) is 3. The SMILES string of the molecule is CS(=O)c1nc(Nc2ccc(S(=O)O)cc2)[nH]c(=O)c1C#N. The standard InChI is InChI=1S/C12H10N4O4S2/c1-21(18)11-9(6-13)10(17)15-12(16-11)14-7-2-4-8(5-3-7)22(19)20/h2-5H,1H3,(H,19,20)(H2,14,15,16,17). The smallest absolute Gasteiger partial charge is 0.271 e. The molecule has 0 bridgehead atoms. The molecule has 0 saturated carbocycles. The van der Waals surface area contributed by atoms with Crippen LogP contribution in [0, 0.1) is 11.3 Å². The number of nitrogens with zero attached hydrogens (tertiary/aromatic N) is 2. The molecule has 22 heavy (non-hydrogen) atoms. The monoisotopic (exact) mass is 338 g/mol. The van der Waals surface area contributed by atoms with E-state index in [0.29, 0.717) is 5.69 Å². The largest absolute Gasteiger partial charge is 0.326 e. The molecular weight excluding hydrogens is 328 g/mol. The van der Waals surface area contributed by atoms with Crippen molar-refractivity contribution in [2.75, 3.05) is 11.6 Å². The minimum atomic E-state index is -2.08. The summed E-state index contributed by atoms with van der Waals surface area (Å²) >= 11 is -2.08. The Morgan fingerprint density at radius 3 is 2.45 bits per heavy atom. The summed E-state index contributed by atoms with van der Waals surface area (Å²) in [7, 11) is -1.60. The fraction of sp³-hybridized carbons (Fsp3) is 0.0833. The molecule has 1 aromatic carbocycles. The summed E-state index contributed by atoms with van der Waals surface area (Å²) < 4.78 is 31.4. The Labute approximate surface area is 130 Å². The van der Waals surface area contributed by atoms with Crippen molar-refractivity contribution >= 4 is 33.5 Å². The predicted molar refractivity (Wildman–Crippen MR) is 80.7 cm³/mol. The van der Waals surface area contributed by atoms with Gasteiger partial charge < -0.3 is 9.87 Å². The Kier molecular flexibility index (Phi) is 4.81. The molecule has 0 amide bonds. The molecule has 0 saturated heterocycles. The molecular formula is C12H10N4O4S2. The lowest BCUT2D eigenvalue weighted by Crippen LogP contribution is -2.18. The molecule has 0 fully saturated rings. The number of nitriles is 1. The lowest BCUT2D eigenvalue weighted by atomic mass is 10.3. The third-order valence-corrected chi connectivity index (χ3v) is 4.10. The van der Waals surface area contributed by atoms with Crippen molar-refractivity contribution in [3.63, 3.8) is 0 Å². The predicted octanol–water partition coefficient (Wildman–Crippen LogP) is 0.703. The molecule has 8 nitrogen and oxygen atoms in total. The Morgan fingerprint density at radius 2 is 1.95 bits per heavy atom. The molecule has 0 aliphatic heterocycles. The summed E-state index contributed by atoms with van der Waals surface area (Å²) in [6.45, 7) is 0. The number of H-pyrrole nitrogens is 1. The zero-order chi connectivity index (χ0) is 16.3. The molecule has 0 aliphatic rings. The molecule has 0 radical (unpaired) electrons. The molecule has 1 heterocycles. The van der Waals surface area contributed by atoms with Crippen LogP contribution in [0.5, 0.6) is 0 Å². The zero-order valence-electron chi connectivity index (χ0n) is 11.2. The molecule has 2 atom stereocenters. The molecule has 114 valence electrons. The lowest BCUT2D eigenvalue weighted by molar-refractivity contribution is 0.564. The summed E-state index contributed by atoms with van der Waals surface area (Å²) in [5.74, 6) is 0.0204. The molecule has 0 spiro atoms. The highest BCUT2D eigenvalue weighted by atomic mass is 32.2. The number of aromatic amines is 1. The topological polar surface area (TPSA) is 136 Å². The number of hydrogen-bond acceptors (Lipinski definition) is 6. The Morgan fingerprint density at radius 1 is 1.32 bits per heavy atom. The maximum atomic E-state index is 11.8. The van der Waals surface area contributed by atoms with Crippen LogP contribution in [0.1, 0.15) is 5.56 Å². The third-order valence-electron chi connectivity index (χ3n) is 2.59. The van der Waals surface area contributed by atoms with Gasteiger partial charge in [-0.25, -0.2) is 9.19 Å². The molecule has 2 aromatic rings. The van der Waals surface area contributed by atoms with Crippen LogP contribution in [-0.2, 0) is 21.9 Å². The Hall–Kier alpha value is -2.35. The minimum Gasteiger partial charge on any atom is -0.326 e. The van der Waals surface area contributed by atoms with Gasteiger partial charge in [0.25, 0.3) is 5.56 Å². The molecule has 1 aromatic heterocycles. The van der Waals surface area contributed by atoms with Gasteiger partial charge in [-0.1, -0.05) is 0 Å². The van der Waals surface area contributed by atoms with Gasteiger partial charge in [-0.2, -0.15) is 5.26 Å². The molecule has 3 N–H and O–H groups in total. The van der Waals surface area contributed by atoms with Crippen molar-refractivity contribution in [3.05, 3.63) is 40.2 Å². The first kappa shape index (κ1) is 16.0. The number of rotatable bonds is 4. The summed E-state index contributed by atoms with van der Waals surface area (Å²) in [5, 5.41) is 11.6. The van der Waals surface area contributed by atoms with E-state index in [1.54, 1.807) is 6.07 Å². The second kappa shape index (κ2) is 6.61. The summed E-state index contributed by atoms with van der Waals surface area (Å²) in [6, 6.07) is 7.56. The number of aromatic nitrogens is 2. The number of nitrogens with one attached hydrogen (secondary N) is 2. The zero-order valence-corrected chi connectivity index (χ0v) is 12.8. The Bertz CT molecular complexity index is 855. The van der Waals surface area contributed by atoms with Gasteiger partial charge in [-0.05, 0) is 24.3 Å². The summed E-state index contributed by atoms with van der Waals surface area (Å²) in [4.78, 5) is 18.3. The average molecular weight is 338 g/mol. The highest BCUT2D eigenvalue weighted by Gasteiger charge is 2.14. The first-order valence-corrected chi connectivity index (χ1v) is 8.44. The average Bonchev–Trinajstić information content (AvgIpc) is 2.47. The quantitative estimate of drug-likeness (QED) is 0.551. The normalized spacial score (nSPS) is 13.1. The van der Waals surface area contributed by atoms with Crippen molar-refractivity contribution in [3.8, 4) is 6.07 Å². The molecule has 0 aliphatic carbocycles. The van der Waals surface area contributed by atoms with Gasteiger partial charge in [0, 0.05) is 11.9 Å². The van der Waals surface area contributed by atoms with Crippen molar-refractivity contribution in [2.45, 2.75) is 9.92 Å². The second-order valence-electron chi connectivity index (χ2n) is 4.06. The van der Waals surface area contributed by atoms with E-state index in [-0.39, 0.29) is 21.4 Å². The van der Waals surface area contributed by atoms with Gasteiger partial charge >= 0.3 is 0 Å². The molecule has 2 rings (SSSR count). The van der Waals surface area contributed by atoms with Gasteiger partial charge in [0.2, 0.25) is 5.95 Å². The third kappa shape index (κ3) is 3.45. The number of anilines is 2. The van der Waals surface area contributed by atoms with Crippen molar-refractivity contribution in [1.82, 2.24) is 9.97 Å². The van der Waals surface area contributed by atoms with Gasteiger partial charge in [0.1, 0.15) is 6.07 Å². The lowest BCUT2D eigenvalue weighted by Gasteiger charge is -2.07. The van der Waals surface area contributed by atoms with Crippen molar-refractivity contribution in [1.29, 1.82) is 5.26 Å². The van der Waals surface area contributed by atoms with Crippen LogP contribution in [-0.4, -0.2) is 29.2 Å². The maximum Gasteiger partial charge on any atom is 0.271 e. The van der Waals surface area contributed by atoms with E-state index in [2.05, 4.69) is 15.3 Å². The van der Waals surface area contributed by atoms with Crippen molar-refractivity contribution < 1.29 is 13.0 Å². The minimum absolute atomic E-state index is 0.0204. The van der Waals surface area contributed by atoms with E-state index in [9.17, 15) is 13.2 Å². The van der Waals surface area contributed by atoms with E-state index in [0.717, 1.165) is 0 Å².